The van der Waals surface area contributed by atoms with Crippen LogP contribution in [0.2, 0.25) is 0 Å². The Hall–Kier alpha value is -2.02. The molecule has 0 amide bonds. The predicted octanol–water partition coefficient (Wildman–Crippen LogP) is 3.94. The van der Waals surface area contributed by atoms with E-state index in [2.05, 4.69) is 54.4 Å². The Morgan fingerprint density at radius 2 is 1.76 bits per heavy atom. The van der Waals surface area contributed by atoms with Crippen LogP contribution in [0.4, 0.5) is 0 Å². The molecular weight excluding hydrogens is 206 g/mol. The van der Waals surface area contributed by atoms with Gasteiger partial charge in [0.2, 0.25) is 0 Å². The van der Waals surface area contributed by atoms with Gasteiger partial charge in [0.25, 0.3) is 0 Å². The number of hydrogen-bond acceptors (Lipinski definition) is 0. The monoisotopic (exact) mass is 220 g/mol. The molecule has 0 aliphatic carbocycles. The van der Waals surface area contributed by atoms with Crippen molar-refractivity contribution in [3.05, 3.63) is 78.3 Å². The lowest BCUT2D eigenvalue weighted by atomic mass is 10.1. The van der Waals surface area contributed by atoms with Crippen LogP contribution in [0.3, 0.4) is 0 Å². The standard InChI is InChI=1S/C16H14N/c1-12-7-8-16-14(9-12)11-15(17-16)10-13-5-3-2-4-6-13/h2-9,11,17H,1,10H2. The summed E-state index contributed by atoms with van der Waals surface area (Å²) < 4.78 is 0. The van der Waals surface area contributed by atoms with Gasteiger partial charge < -0.3 is 4.98 Å². The van der Waals surface area contributed by atoms with Crippen LogP contribution in [0.5, 0.6) is 0 Å². The molecule has 1 heteroatoms. The summed E-state index contributed by atoms with van der Waals surface area (Å²) in [4.78, 5) is 3.44. The SMILES string of the molecule is [CH2]c1ccc2[nH]c(Cc3ccccc3)cc2c1. The van der Waals surface area contributed by atoms with Crippen molar-refractivity contribution in [3.8, 4) is 0 Å². The van der Waals surface area contributed by atoms with Crippen LogP contribution in [0.25, 0.3) is 10.9 Å². The first-order valence-corrected chi connectivity index (χ1v) is 5.79. The summed E-state index contributed by atoms with van der Waals surface area (Å²) in [5, 5.41) is 1.24. The molecular formula is C16H14N. The molecule has 1 radical (unpaired) electrons. The summed E-state index contributed by atoms with van der Waals surface area (Å²) in [5.74, 6) is 0. The molecule has 3 aromatic rings. The van der Waals surface area contributed by atoms with E-state index in [1.54, 1.807) is 0 Å². The highest BCUT2D eigenvalue weighted by molar-refractivity contribution is 5.81. The van der Waals surface area contributed by atoms with Gasteiger partial charge in [-0.25, -0.2) is 0 Å². The Labute approximate surface area is 101 Å². The van der Waals surface area contributed by atoms with Crippen molar-refractivity contribution in [1.82, 2.24) is 4.98 Å². The zero-order valence-electron chi connectivity index (χ0n) is 9.61. The molecule has 1 N–H and O–H groups in total. The van der Waals surface area contributed by atoms with Crippen molar-refractivity contribution in [2.75, 3.05) is 0 Å². The molecule has 0 aliphatic heterocycles. The van der Waals surface area contributed by atoms with Gasteiger partial charge in [0.15, 0.2) is 0 Å². The maximum Gasteiger partial charge on any atom is 0.0456 e. The summed E-state index contributed by atoms with van der Waals surface area (Å²) in [6.07, 6.45) is 0.946. The number of rotatable bonds is 2. The predicted molar refractivity (Wildman–Crippen MR) is 72.0 cm³/mol. The average Bonchev–Trinajstić information content (AvgIpc) is 2.71. The number of fused-ring (bicyclic) bond motifs is 1. The van der Waals surface area contributed by atoms with Gasteiger partial charge in [-0.05, 0) is 41.6 Å². The van der Waals surface area contributed by atoms with Gasteiger partial charge in [0.05, 0.1) is 0 Å². The van der Waals surface area contributed by atoms with Gasteiger partial charge in [0, 0.05) is 17.6 Å². The minimum Gasteiger partial charge on any atom is -0.358 e. The fraction of sp³-hybridized carbons (Fsp3) is 0.0625. The Balaban J connectivity index is 1.96. The summed E-state index contributed by atoms with van der Waals surface area (Å²) in [7, 11) is 0. The summed E-state index contributed by atoms with van der Waals surface area (Å²) in [6, 6.07) is 18.9. The fourth-order valence-electron chi connectivity index (χ4n) is 2.15. The number of aromatic nitrogens is 1. The van der Waals surface area contributed by atoms with E-state index in [0.717, 1.165) is 12.0 Å². The molecule has 3 rings (SSSR count). The van der Waals surface area contributed by atoms with Crippen LogP contribution in [-0.4, -0.2) is 4.98 Å². The molecule has 2 aromatic carbocycles. The average molecular weight is 220 g/mol. The molecule has 0 atom stereocenters. The maximum atomic E-state index is 3.95. The summed E-state index contributed by atoms with van der Waals surface area (Å²) >= 11 is 0. The van der Waals surface area contributed by atoms with Crippen molar-refractivity contribution < 1.29 is 0 Å². The highest BCUT2D eigenvalue weighted by Crippen LogP contribution is 2.18. The minimum absolute atomic E-state index is 0.946. The van der Waals surface area contributed by atoms with Crippen LogP contribution >= 0.6 is 0 Å². The molecule has 0 fully saturated rings. The fourth-order valence-corrected chi connectivity index (χ4v) is 2.15. The summed E-state index contributed by atoms with van der Waals surface area (Å²) in [5.41, 5.74) is 4.82. The molecule has 0 saturated carbocycles. The Bertz CT molecular complexity index is 635. The van der Waals surface area contributed by atoms with E-state index in [4.69, 9.17) is 0 Å². The van der Waals surface area contributed by atoms with Crippen LogP contribution in [0.15, 0.2) is 54.6 Å². The lowest BCUT2D eigenvalue weighted by molar-refractivity contribution is 1.12. The molecule has 0 aliphatic rings. The molecule has 0 unspecified atom stereocenters. The maximum absolute atomic E-state index is 3.95. The van der Waals surface area contributed by atoms with Gasteiger partial charge in [-0.1, -0.05) is 36.4 Å². The van der Waals surface area contributed by atoms with E-state index < -0.39 is 0 Å². The van der Waals surface area contributed by atoms with E-state index in [1.165, 1.54) is 22.2 Å². The third-order valence-electron chi connectivity index (χ3n) is 2.98. The van der Waals surface area contributed by atoms with Gasteiger partial charge in [0.1, 0.15) is 0 Å². The van der Waals surface area contributed by atoms with Crippen molar-refractivity contribution >= 4 is 10.9 Å². The third-order valence-corrected chi connectivity index (χ3v) is 2.98. The lowest BCUT2D eigenvalue weighted by Crippen LogP contribution is -1.86. The zero-order chi connectivity index (χ0) is 11.7. The number of H-pyrrole nitrogens is 1. The van der Waals surface area contributed by atoms with Crippen molar-refractivity contribution in [2.45, 2.75) is 6.42 Å². The largest absolute Gasteiger partial charge is 0.358 e. The van der Waals surface area contributed by atoms with Crippen LogP contribution in [0.1, 0.15) is 16.8 Å². The Kier molecular flexibility index (Phi) is 2.45. The van der Waals surface area contributed by atoms with Crippen molar-refractivity contribution in [3.63, 3.8) is 0 Å². The van der Waals surface area contributed by atoms with Gasteiger partial charge in [-0.15, -0.1) is 0 Å². The molecule has 1 nitrogen and oxygen atoms in total. The van der Waals surface area contributed by atoms with Crippen LogP contribution in [0, 0.1) is 6.92 Å². The van der Waals surface area contributed by atoms with Gasteiger partial charge >= 0.3 is 0 Å². The second kappa shape index (κ2) is 4.10. The minimum atomic E-state index is 0.946. The molecule has 0 spiro atoms. The Morgan fingerprint density at radius 3 is 2.59 bits per heavy atom. The van der Waals surface area contributed by atoms with Crippen LogP contribution < -0.4 is 0 Å². The molecule has 1 heterocycles. The highest BCUT2D eigenvalue weighted by Gasteiger charge is 2.01. The summed E-state index contributed by atoms with van der Waals surface area (Å²) in [6.45, 7) is 3.95. The first-order chi connectivity index (χ1) is 8.31. The third kappa shape index (κ3) is 2.09. The molecule has 0 bridgehead atoms. The zero-order valence-corrected chi connectivity index (χ0v) is 9.61. The highest BCUT2D eigenvalue weighted by atomic mass is 14.7. The smallest absolute Gasteiger partial charge is 0.0456 e. The number of aromatic amines is 1. The van der Waals surface area contributed by atoms with Gasteiger partial charge in [-0.3, -0.25) is 0 Å². The molecule has 0 saturated heterocycles. The van der Waals surface area contributed by atoms with E-state index in [9.17, 15) is 0 Å². The first kappa shape index (κ1) is 10.2. The van der Waals surface area contributed by atoms with E-state index >= 15 is 0 Å². The normalized spacial score (nSPS) is 10.9. The first-order valence-electron chi connectivity index (χ1n) is 5.79. The quantitative estimate of drug-likeness (QED) is 0.673. The van der Waals surface area contributed by atoms with Crippen molar-refractivity contribution in [1.29, 1.82) is 0 Å². The molecule has 17 heavy (non-hydrogen) atoms. The number of nitrogens with one attached hydrogen (secondary N) is 1. The Morgan fingerprint density at radius 1 is 0.941 bits per heavy atom. The topological polar surface area (TPSA) is 15.8 Å². The number of benzene rings is 2. The van der Waals surface area contributed by atoms with E-state index in [-0.39, 0.29) is 0 Å². The molecule has 83 valence electrons. The van der Waals surface area contributed by atoms with Crippen molar-refractivity contribution in [2.24, 2.45) is 0 Å². The van der Waals surface area contributed by atoms with E-state index in [1.807, 2.05) is 12.1 Å². The van der Waals surface area contributed by atoms with E-state index in [0.29, 0.717) is 0 Å². The second-order valence-corrected chi connectivity index (χ2v) is 4.38. The molecule has 1 aromatic heterocycles. The number of hydrogen-bond donors (Lipinski definition) is 1. The lowest BCUT2D eigenvalue weighted by Gasteiger charge is -1.97. The van der Waals surface area contributed by atoms with Crippen LogP contribution in [-0.2, 0) is 6.42 Å². The second-order valence-electron chi connectivity index (χ2n) is 4.38. The van der Waals surface area contributed by atoms with Gasteiger partial charge in [-0.2, -0.15) is 0 Å².